The van der Waals surface area contributed by atoms with Gasteiger partial charge in [0.15, 0.2) is 17.2 Å². The van der Waals surface area contributed by atoms with Crippen molar-refractivity contribution in [2.45, 2.75) is 0 Å². The zero-order valence-electron chi connectivity index (χ0n) is 9.92. The largest absolute Gasteiger partial charge is 0.455 e. The fourth-order valence-electron chi connectivity index (χ4n) is 1.76. The first kappa shape index (κ1) is 11.2. The summed E-state index contributed by atoms with van der Waals surface area (Å²) in [7, 11) is 0. The first-order valence-corrected chi connectivity index (χ1v) is 5.63. The zero-order valence-corrected chi connectivity index (χ0v) is 9.92. The number of nitrogens with two attached hydrogens (primary N) is 1. The molecule has 0 radical (unpaired) electrons. The lowest BCUT2D eigenvalue weighted by Gasteiger charge is -2.09. The zero-order chi connectivity index (χ0) is 13.2. The molecule has 0 aromatic heterocycles. The minimum atomic E-state index is 0.213. The molecular formula is C14H10N2O3. The van der Waals surface area contributed by atoms with Gasteiger partial charge in [-0.1, -0.05) is 0 Å². The highest BCUT2D eigenvalue weighted by atomic mass is 16.7. The van der Waals surface area contributed by atoms with Crippen LogP contribution >= 0.6 is 0 Å². The highest BCUT2D eigenvalue weighted by Crippen LogP contribution is 2.37. The van der Waals surface area contributed by atoms with Crippen molar-refractivity contribution in [1.82, 2.24) is 0 Å². The second-order valence-electron chi connectivity index (χ2n) is 3.98. The van der Waals surface area contributed by atoms with E-state index in [9.17, 15) is 0 Å². The summed E-state index contributed by atoms with van der Waals surface area (Å²) in [6, 6.07) is 12.2. The topological polar surface area (TPSA) is 77.5 Å². The van der Waals surface area contributed by atoms with E-state index in [1.54, 1.807) is 36.4 Å². The number of hydrogen-bond acceptors (Lipinski definition) is 5. The summed E-state index contributed by atoms with van der Waals surface area (Å²) in [6.07, 6.45) is 0. The number of ether oxygens (including phenoxy) is 3. The lowest BCUT2D eigenvalue weighted by Crippen LogP contribution is -1.93. The molecule has 1 heterocycles. The van der Waals surface area contributed by atoms with Gasteiger partial charge < -0.3 is 19.9 Å². The number of nitriles is 1. The van der Waals surface area contributed by atoms with Crippen molar-refractivity contribution in [3.8, 4) is 29.1 Å². The number of nitrogen functional groups attached to an aromatic ring is 1. The van der Waals surface area contributed by atoms with Gasteiger partial charge in [-0.15, -0.1) is 0 Å². The van der Waals surface area contributed by atoms with Crippen LogP contribution in [0.15, 0.2) is 36.4 Å². The predicted molar refractivity (Wildman–Crippen MR) is 68.2 cm³/mol. The van der Waals surface area contributed by atoms with Gasteiger partial charge in [-0.05, 0) is 24.3 Å². The van der Waals surface area contributed by atoms with Crippen LogP contribution in [0.4, 0.5) is 5.69 Å². The van der Waals surface area contributed by atoms with Gasteiger partial charge in [0.05, 0.1) is 17.3 Å². The summed E-state index contributed by atoms with van der Waals surface area (Å²) in [5.74, 6) is 2.34. The van der Waals surface area contributed by atoms with E-state index in [0.29, 0.717) is 34.2 Å². The molecule has 0 amide bonds. The number of hydrogen-bond donors (Lipinski definition) is 1. The van der Waals surface area contributed by atoms with E-state index in [2.05, 4.69) is 0 Å². The third-order valence-corrected chi connectivity index (χ3v) is 2.71. The quantitative estimate of drug-likeness (QED) is 0.833. The van der Waals surface area contributed by atoms with Crippen molar-refractivity contribution >= 4 is 5.69 Å². The predicted octanol–water partition coefficient (Wildman–Crippen LogP) is 2.66. The Morgan fingerprint density at radius 3 is 2.79 bits per heavy atom. The second kappa shape index (κ2) is 4.42. The van der Waals surface area contributed by atoms with Crippen LogP contribution in [-0.4, -0.2) is 6.79 Å². The van der Waals surface area contributed by atoms with Crippen LogP contribution in [0.1, 0.15) is 5.56 Å². The van der Waals surface area contributed by atoms with E-state index in [1.165, 1.54) is 0 Å². The summed E-state index contributed by atoms with van der Waals surface area (Å²) in [5, 5.41) is 8.86. The molecule has 0 fully saturated rings. The monoisotopic (exact) mass is 254 g/mol. The van der Waals surface area contributed by atoms with Crippen LogP contribution in [0.25, 0.3) is 0 Å². The molecular weight excluding hydrogens is 244 g/mol. The van der Waals surface area contributed by atoms with Crippen LogP contribution in [-0.2, 0) is 0 Å². The molecule has 94 valence electrons. The Kier molecular flexibility index (Phi) is 2.62. The molecule has 19 heavy (non-hydrogen) atoms. The second-order valence-corrected chi connectivity index (χ2v) is 3.98. The summed E-state index contributed by atoms with van der Waals surface area (Å²) in [5.41, 5.74) is 6.77. The number of nitrogens with zero attached hydrogens (tertiary/aromatic N) is 1. The Hall–Kier alpha value is -2.87. The Morgan fingerprint density at radius 1 is 1.11 bits per heavy atom. The normalized spacial score (nSPS) is 11.9. The minimum Gasteiger partial charge on any atom is -0.455 e. The highest BCUT2D eigenvalue weighted by Gasteiger charge is 2.14. The molecule has 2 aromatic carbocycles. The van der Waals surface area contributed by atoms with Gasteiger partial charge in [0.2, 0.25) is 6.79 Å². The molecule has 2 aromatic rings. The first-order valence-electron chi connectivity index (χ1n) is 5.63. The maximum Gasteiger partial charge on any atom is 0.231 e. The van der Waals surface area contributed by atoms with E-state index in [4.69, 9.17) is 25.2 Å². The van der Waals surface area contributed by atoms with E-state index in [0.717, 1.165) is 0 Å². The lowest BCUT2D eigenvalue weighted by molar-refractivity contribution is 0.174. The first-order chi connectivity index (χ1) is 9.26. The standard InChI is InChI=1S/C14H10N2O3/c15-7-9-1-3-11(16)13(5-9)19-10-2-4-12-14(6-10)18-8-17-12/h1-6H,8,16H2. The van der Waals surface area contributed by atoms with E-state index >= 15 is 0 Å². The fraction of sp³-hybridized carbons (Fsp3) is 0.0714. The van der Waals surface area contributed by atoms with Crippen molar-refractivity contribution in [3.05, 3.63) is 42.0 Å². The Bertz CT molecular complexity index is 677. The van der Waals surface area contributed by atoms with Gasteiger partial charge in [-0.2, -0.15) is 5.26 Å². The summed E-state index contributed by atoms with van der Waals surface area (Å²) in [4.78, 5) is 0. The molecule has 0 aliphatic carbocycles. The maximum absolute atomic E-state index is 8.86. The number of fused-ring (bicyclic) bond motifs is 1. The highest BCUT2D eigenvalue weighted by molar-refractivity contribution is 5.58. The molecule has 1 aliphatic rings. The third kappa shape index (κ3) is 2.11. The maximum atomic E-state index is 8.86. The average Bonchev–Trinajstić information content (AvgIpc) is 2.89. The molecule has 1 aliphatic heterocycles. The fourth-order valence-corrected chi connectivity index (χ4v) is 1.76. The van der Waals surface area contributed by atoms with Crippen molar-refractivity contribution < 1.29 is 14.2 Å². The summed E-state index contributed by atoms with van der Waals surface area (Å²) in [6.45, 7) is 0.213. The summed E-state index contributed by atoms with van der Waals surface area (Å²) >= 11 is 0. The number of benzene rings is 2. The lowest BCUT2D eigenvalue weighted by atomic mass is 10.2. The van der Waals surface area contributed by atoms with Crippen molar-refractivity contribution in [2.75, 3.05) is 12.5 Å². The van der Waals surface area contributed by atoms with E-state index < -0.39 is 0 Å². The molecule has 5 heteroatoms. The molecule has 3 rings (SSSR count). The van der Waals surface area contributed by atoms with E-state index in [-0.39, 0.29) is 6.79 Å². The molecule has 0 atom stereocenters. The number of anilines is 1. The van der Waals surface area contributed by atoms with Crippen LogP contribution in [0.2, 0.25) is 0 Å². The Labute approximate surface area is 109 Å². The van der Waals surface area contributed by atoms with Gasteiger partial charge in [0.1, 0.15) is 5.75 Å². The molecule has 0 saturated carbocycles. The van der Waals surface area contributed by atoms with Gasteiger partial charge in [0, 0.05) is 12.1 Å². The smallest absolute Gasteiger partial charge is 0.231 e. The average molecular weight is 254 g/mol. The molecule has 0 unspecified atom stereocenters. The van der Waals surface area contributed by atoms with Gasteiger partial charge in [-0.3, -0.25) is 0 Å². The van der Waals surface area contributed by atoms with Crippen LogP contribution < -0.4 is 19.9 Å². The van der Waals surface area contributed by atoms with Gasteiger partial charge >= 0.3 is 0 Å². The molecule has 0 spiro atoms. The Morgan fingerprint density at radius 2 is 1.95 bits per heavy atom. The van der Waals surface area contributed by atoms with Crippen LogP contribution in [0.5, 0.6) is 23.0 Å². The van der Waals surface area contributed by atoms with E-state index in [1.807, 2.05) is 6.07 Å². The van der Waals surface area contributed by atoms with Crippen molar-refractivity contribution in [2.24, 2.45) is 0 Å². The Balaban J connectivity index is 1.91. The third-order valence-electron chi connectivity index (χ3n) is 2.71. The van der Waals surface area contributed by atoms with Gasteiger partial charge in [-0.25, -0.2) is 0 Å². The van der Waals surface area contributed by atoms with Crippen LogP contribution in [0, 0.1) is 11.3 Å². The van der Waals surface area contributed by atoms with Gasteiger partial charge in [0.25, 0.3) is 0 Å². The number of rotatable bonds is 2. The van der Waals surface area contributed by atoms with Crippen molar-refractivity contribution in [3.63, 3.8) is 0 Å². The molecule has 2 N–H and O–H groups in total. The summed E-state index contributed by atoms with van der Waals surface area (Å²) < 4.78 is 16.1. The molecule has 0 bridgehead atoms. The van der Waals surface area contributed by atoms with Crippen molar-refractivity contribution in [1.29, 1.82) is 5.26 Å². The minimum absolute atomic E-state index is 0.213. The molecule has 5 nitrogen and oxygen atoms in total. The van der Waals surface area contributed by atoms with Crippen LogP contribution in [0.3, 0.4) is 0 Å². The SMILES string of the molecule is N#Cc1ccc(N)c(Oc2ccc3c(c2)OCO3)c1. The molecule has 0 saturated heterocycles.